The Hall–Kier alpha value is -1.09. The van der Waals surface area contributed by atoms with Crippen LogP contribution in [0.15, 0.2) is 18.2 Å². The van der Waals surface area contributed by atoms with E-state index >= 15 is 0 Å². The van der Waals surface area contributed by atoms with Crippen molar-refractivity contribution >= 4 is 0 Å². The first-order valence-electron chi connectivity index (χ1n) is 4.69. The number of rotatable bonds is 2. The number of benzene rings is 1. The highest BCUT2D eigenvalue weighted by molar-refractivity contribution is 5.41. The summed E-state index contributed by atoms with van der Waals surface area (Å²) in [7, 11) is 0. The smallest absolute Gasteiger partial charge is 0.156 e. The van der Waals surface area contributed by atoms with E-state index in [1.165, 1.54) is 6.92 Å². The molecule has 0 amide bonds. The first-order valence-corrected chi connectivity index (χ1v) is 4.69. The number of hydrogen-bond donors (Lipinski definition) is 1. The van der Waals surface area contributed by atoms with Crippen molar-refractivity contribution in [1.29, 1.82) is 0 Å². The summed E-state index contributed by atoms with van der Waals surface area (Å²) < 4.78 is 19.0. The van der Waals surface area contributed by atoms with Crippen molar-refractivity contribution in [1.82, 2.24) is 0 Å². The van der Waals surface area contributed by atoms with Crippen LogP contribution in [-0.2, 0) is 12.1 Å². The van der Waals surface area contributed by atoms with Gasteiger partial charge >= 0.3 is 0 Å². The lowest BCUT2D eigenvalue weighted by Crippen LogP contribution is -2.20. The van der Waals surface area contributed by atoms with Crippen LogP contribution in [0.25, 0.3) is 0 Å². The molecule has 0 spiro atoms. The first kappa shape index (κ1) is 9.46. The van der Waals surface area contributed by atoms with Gasteiger partial charge in [-0.2, -0.15) is 0 Å². The van der Waals surface area contributed by atoms with E-state index in [1.807, 2.05) is 6.07 Å². The fraction of sp³-hybridized carbons (Fsp3) is 0.455. The molecule has 3 heteroatoms. The minimum absolute atomic E-state index is 0.473. The molecule has 2 rings (SSSR count). The van der Waals surface area contributed by atoms with Gasteiger partial charge in [-0.15, -0.1) is 0 Å². The van der Waals surface area contributed by atoms with Crippen LogP contribution in [-0.4, -0.2) is 18.3 Å². The monoisotopic (exact) mass is 196 g/mol. The van der Waals surface area contributed by atoms with Crippen molar-refractivity contribution < 1.29 is 14.2 Å². The zero-order chi connectivity index (χ0) is 10.2. The Balaban J connectivity index is 2.38. The third kappa shape index (κ3) is 1.48. The summed E-state index contributed by atoms with van der Waals surface area (Å²) >= 11 is 0. The van der Waals surface area contributed by atoms with Crippen LogP contribution in [0.3, 0.4) is 0 Å². The highest BCUT2D eigenvalue weighted by atomic mass is 19.1. The van der Waals surface area contributed by atoms with Crippen molar-refractivity contribution in [2.24, 2.45) is 0 Å². The summed E-state index contributed by atoms with van der Waals surface area (Å²) in [5.41, 5.74) is -0.0933. The van der Waals surface area contributed by atoms with E-state index in [9.17, 15) is 4.39 Å². The van der Waals surface area contributed by atoms with Crippen molar-refractivity contribution in [3.05, 3.63) is 29.3 Å². The molecule has 1 atom stereocenters. The number of alkyl halides is 1. The average Bonchev–Trinajstić information content (AvgIpc) is 2.64. The third-order valence-electron chi connectivity index (χ3n) is 2.59. The Labute approximate surface area is 82.3 Å². The minimum atomic E-state index is -1.68. The van der Waals surface area contributed by atoms with Gasteiger partial charge in [-0.25, -0.2) is 4.39 Å². The van der Waals surface area contributed by atoms with E-state index in [0.717, 1.165) is 17.7 Å². The van der Waals surface area contributed by atoms with E-state index in [-0.39, 0.29) is 0 Å². The zero-order valence-electron chi connectivity index (χ0n) is 8.09. The normalized spacial score (nSPS) is 18.5. The second-order valence-corrected chi connectivity index (χ2v) is 3.78. The van der Waals surface area contributed by atoms with Crippen LogP contribution in [0, 0.1) is 0 Å². The van der Waals surface area contributed by atoms with Gasteiger partial charge in [-0.05, 0) is 24.1 Å². The lowest BCUT2D eigenvalue weighted by molar-refractivity contribution is 0.0866. The van der Waals surface area contributed by atoms with Gasteiger partial charge in [-0.1, -0.05) is 12.1 Å². The molecule has 1 aliphatic heterocycles. The Bertz CT molecular complexity index is 347. The molecule has 2 nitrogen and oxygen atoms in total. The van der Waals surface area contributed by atoms with Crippen molar-refractivity contribution in [3.8, 4) is 5.75 Å². The molecular weight excluding hydrogens is 183 g/mol. The maximum atomic E-state index is 13.7. The van der Waals surface area contributed by atoms with E-state index in [2.05, 4.69) is 0 Å². The molecule has 1 unspecified atom stereocenters. The molecule has 0 saturated heterocycles. The third-order valence-corrected chi connectivity index (χ3v) is 2.59. The fourth-order valence-electron chi connectivity index (χ4n) is 1.58. The lowest BCUT2D eigenvalue weighted by Gasteiger charge is -2.18. The molecule has 0 bridgehead atoms. The minimum Gasteiger partial charge on any atom is -0.493 e. The SMILES string of the molecule is CC(F)(CO)c1ccc2c(c1)OCC2. The molecular formula is C11H13FO2. The topological polar surface area (TPSA) is 29.5 Å². The fourth-order valence-corrected chi connectivity index (χ4v) is 1.58. The molecule has 0 aliphatic carbocycles. The molecule has 0 saturated carbocycles. The van der Waals surface area contributed by atoms with E-state index in [1.54, 1.807) is 12.1 Å². The number of fused-ring (bicyclic) bond motifs is 1. The highest BCUT2D eigenvalue weighted by Crippen LogP contribution is 2.32. The first-order chi connectivity index (χ1) is 6.63. The van der Waals surface area contributed by atoms with Crippen molar-refractivity contribution in [2.75, 3.05) is 13.2 Å². The quantitative estimate of drug-likeness (QED) is 0.781. The average molecular weight is 196 g/mol. The van der Waals surface area contributed by atoms with Gasteiger partial charge < -0.3 is 9.84 Å². The van der Waals surface area contributed by atoms with Gasteiger partial charge in [0.2, 0.25) is 0 Å². The van der Waals surface area contributed by atoms with Crippen molar-refractivity contribution in [3.63, 3.8) is 0 Å². The van der Waals surface area contributed by atoms with Gasteiger partial charge in [0, 0.05) is 6.42 Å². The Morgan fingerprint density at radius 3 is 3.07 bits per heavy atom. The zero-order valence-corrected chi connectivity index (χ0v) is 8.09. The lowest BCUT2D eigenvalue weighted by atomic mass is 9.97. The predicted octanol–water partition coefficient (Wildman–Crippen LogP) is 1.80. The van der Waals surface area contributed by atoms with Gasteiger partial charge in [-0.3, -0.25) is 0 Å². The maximum absolute atomic E-state index is 13.7. The molecule has 76 valence electrons. The van der Waals surface area contributed by atoms with Crippen LogP contribution in [0.1, 0.15) is 18.1 Å². The molecule has 1 aromatic carbocycles. The Morgan fingerprint density at radius 2 is 2.36 bits per heavy atom. The van der Waals surface area contributed by atoms with Crippen molar-refractivity contribution in [2.45, 2.75) is 19.0 Å². The summed E-state index contributed by atoms with van der Waals surface area (Å²) in [6.45, 7) is 1.52. The van der Waals surface area contributed by atoms with Crippen LogP contribution in [0.2, 0.25) is 0 Å². The maximum Gasteiger partial charge on any atom is 0.156 e. The molecule has 1 aromatic rings. The van der Waals surface area contributed by atoms with E-state index in [4.69, 9.17) is 9.84 Å². The summed E-state index contributed by atoms with van der Waals surface area (Å²) in [6, 6.07) is 5.26. The number of aliphatic hydroxyl groups is 1. The van der Waals surface area contributed by atoms with Crippen LogP contribution in [0.4, 0.5) is 4.39 Å². The van der Waals surface area contributed by atoms with Gasteiger partial charge in [0.1, 0.15) is 5.75 Å². The van der Waals surface area contributed by atoms with Gasteiger partial charge in [0.05, 0.1) is 13.2 Å². The van der Waals surface area contributed by atoms with E-state index in [0.29, 0.717) is 12.2 Å². The summed E-state index contributed by atoms with van der Waals surface area (Å²) in [5.74, 6) is 0.750. The number of halogens is 1. The van der Waals surface area contributed by atoms with Gasteiger partial charge in [0.15, 0.2) is 5.67 Å². The Morgan fingerprint density at radius 1 is 1.57 bits per heavy atom. The largest absolute Gasteiger partial charge is 0.493 e. The number of hydrogen-bond acceptors (Lipinski definition) is 2. The van der Waals surface area contributed by atoms with E-state index < -0.39 is 12.3 Å². The van der Waals surface area contributed by atoms with Gasteiger partial charge in [0.25, 0.3) is 0 Å². The second kappa shape index (κ2) is 3.24. The summed E-state index contributed by atoms with van der Waals surface area (Å²) in [4.78, 5) is 0. The molecule has 1 N–H and O–H groups in total. The number of aliphatic hydroxyl groups excluding tert-OH is 1. The highest BCUT2D eigenvalue weighted by Gasteiger charge is 2.26. The molecule has 0 aromatic heterocycles. The van der Waals surface area contributed by atoms with Crippen LogP contribution in [0.5, 0.6) is 5.75 Å². The standard InChI is InChI=1S/C11H13FO2/c1-11(12,7-13)9-3-2-8-4-5-14-10(8)6-9/h2-3,6,13H,4-5,7H2,1H3. The molecule has 1 aliphatic rings. The molecule has 0 radical (unpaired) electrons. The number of ether oxygens (including phenoxy) is 1. The summed E-state index contributed by atoms with van der Waals surface area (Å²) in [5, 5.41) is 8.88. The second-order valence-electron chi connectivity index (χ2n) is 3.78. The molecule has 0 fully saturated rings. The van der Waals surface area contributed by atoms with Crippen LogP contribution < -0.4 is 4.74 Å². The predicted molar refractivity (Wildman–Crippen MR) is 51.2 cm³/mol. The Kier molecular flexibility index (Phi) is 2.19. The molecule has 1 heterocycles. The van der Waals surface area contributed by atoms with Crippen LogP contribution >= 0.6 is 0 Å². The molecule has 14 heavy (non-hydrogen) atoms. The summed E-state index contributed by atoms with van der Waals surface area (Å²) in [6.07, 6.45) is 0.887.